The summed E-state index contributed by atoms with van der Waals surface area (Å²) in [7, 11) is 1.94. The van der Waals surface area contributed by atoms with E-state index in [0.717, 1.165) is 51.2 Å². The zero-order chi connectivity index (χ0) is 13.9. The number of unbranched alkanes of at least 4 members (excludes halogenated alkanes) is 3. The standard InChI is InChI=1S/C16H30N2O/c1-3-4-5-6-7-14-18(2)16(19)9-8-15-10-12-17-13-11-15/h3,15,17H,1,4-14H2,2H3. The first-order valence-electron chi connectivity index (χ1n) is 7.79. The molecule has 3 nitrogen and oxygen atoms in total. The van der Waals surface area contributed by atoms with Gasteiger partial charge in [0, 0.05) is 20.0 Å². The maximum Gasteiger partial charge on any atom is 0.222 e. The first-order chi connectivity index (χ1) is 9.24. The quantitative estimate of drug-likeness (QED) is 0.514. The Labute approximate surface area is 118 Å². The molecule has 0 atom stereocenters. The highest BCUT2D eigenvalue weighted by atomic mass is 16.2. The SMILES string of the molecule is C=CCCCCCN(C)C(=O)CCC1CCNCC1. The second-order valence-electron chi connectivity index (χ2n) is 5.69. The van der Waals surface area contributed by atoms with E-state index in [0.29, 0.717) is 5.91 Å². The van der Waals surface area contributed by atoms with Gasteiger partial charge in [-0.1, -0.05) is 12.5 Å². The minimum Gasteiger partial charge on any atom is -0.346 e. The molecule has 19 heavy (non-hydrogen) atoms. The molecule has 0 radical (unpaired) electrons. The fraction of sp³-hybridized carbons (Fsp3) is 0.812. The van der Waals surface area contributed by atoms with E-state index >= 15 is 0 Å². The molecule has 0 aliphatic carbocycles. The van der Waals surface area contributed by atoms with Crippen LogP contribution in [0.5, 0.6) is 0 Å². The molecule has 1 saturated heterocycles. The first kappa shape index (κ1) is 16.2. The molecule has 0 unspecified atom stereocenters. The number of hydrogen-bond donors (Lipinski definition) is 1. The van der Waals surface area contributed by atoms with Gasteiger partial charge in [-0.3, -0.25) is 4.79 Å². The lowest BCUT2D eigenvalue weighted by Crippen LogP contribution is -2.30. The van der Waals surface area contributed by atoms with Gasteiger partial charge < -0.3 is 10.2 Å². The molecule has 0 aromatic heterocycles. The number of rotatable bonds is 9. The Morgan fingerprint density at radius 1 is 1.32 bits per heavy atom. The zero-order valence-corrected chi connectivity index (χ0v) is 12.5. The van der Waals surface area contributed by atoms with Crippen LogP contribution in [0.15, 0.2) is 12.7 Å². The van der Waals surface area contributed by atoms with Crippen LogP contribution in [0.1, 0.15) is 51.4 Å². The van der Waals surface area contributed by atoms with E-state index in [2.05, 4.69) is 11.9 Å². The lowest BCUT2D eigenvalue weighted by Gasteiger charge is -2.23. The van der Waals surface area contributed by atoms with Gasteiger partial charge in [0.1, 0.15) is 0 Å². The highest BCUT2D eigenvalue weighted by Gasteiger charge is 2.15. The van der Waals surface area contributed by atoms with Gasteiger partial charge in [0.05, 0.1) is 0 Å². The van der Waals surface area contributed by atoms with Crippen molar-refractivity contribution in [3.63, 3.8) is 0 Å². The molecule has 1 aliphatic rings. The first-order valence-corrected chi connectivity index (χ1v) is 7.79. The van der Waals surface area contributed by atoms with E-state index in [1.165, 1.54) is 25.7 Å². The Morgan fingerprint density at radius 2 is 2.05 bits per heavy atom. The summed E-state index contributed by atoms with van der Waals surface area (Å²) in [5.74, 6) is 1.08. The molecule has 3 heteroatoms. The third kappa shape index (κ3) is 7.36. The number of nitrogens with one attached hydrogen (secondary N) is 1. The minimum atomic E-state index is 0.322. The average Bonchev–Trinajstić information content (AvgIpc) is 2.45. The summed E-state index contributed by atoms with van der Waals surface area (Å²) in [6, 6.07) is 0. The van der Waals surface area contributed by atoms with Gasteiger partial charge in [0.2, 0.25) is 5.91 Å². The van der Waals surface area contributed by atoms with Gasteiger partial charge in [-0.05, 0) is 57.5 Å². The number of hydrogen-bond acceptors (Lipinski definition) is 2. The number of carbonyl (C=O) groups is 1. The fourth-order valence-electron chi connectivity index (χ4n) is 2.63. The van der Waals surface area contributed by atoms with Crippen LogP contribution in [0.3, 0.4) is 0 Å². The van der Waals surface area contributed by atoms with Crippen molar-refractivity contribution in [1.29, 1.82) is 0 Å². The van der Waals surface area contributed by atoms with Crippen LogP contribution < -0.4 is 5.32 Å². The molecule has 110 valence electrons. The van der Waals surface area contributed by atoms with E-state index in [1.54, 1.807) is 0 Å². The number of carbonyl (C=O) groups excluding carboxylic acids is 1. The number of amides is 1. The smallest absolute Gasteiger partial charge is 0.222 e. The molecule has 0 spiro atoms. The number of allylic oxidation sites excluding steroid dienone is 1. The Morgan fingerprint density at radius 3 is 2.74 bits per heavy atom. The minimum absolute atomic E-state index is 0.322. The highest BCUT2D eigenvalue weighted by molar-refractivity contribution is 5.75. The summed E-state index contributed by atoms with van der Waals surface area (Å²) in [6.07, 6.45) is 10.8. The molecule has 1 rings (SSSR count). The Bertz CT molecular complexity index is 259. The lowest BCUT2D eigenvalue weighted by molar-refractivity contribution is -0.130. The van der Waals surface area contributed by atoms with Crippen molar-refractivity contribution < 1.29 is 4.79 Å². The van der Waals surface area contributed by atoms with Crippen molar-refractivity contribution >= 4 is 5.91 Å². The molecule has 1 amide bonds. The molecule has 1 aliphatic heterocycles. The van der Waals surface area contributed by atoms with Crippen molar-refractivity contribution in [3.8, 4) is 0 Å². The van der Waals surface area contributed by atoms with Gasteiger partial charge in [0.25, 0.3) is 0 Å². The van der Waals surface area contributed by atoms with Crippen LogP contribution in [0.2, 0.25) is 0 Å². The van der Waals surface area contributed by atoms with Gasteiger partial charge >= 0.3 is 0 Å². The molecule has 0 aromatic carbocycles. The molecular formula is C16H30N2O. The topological polar surface area (TPSA) is 32.3 Å². The maximum atomic E-state index is 12.0. The lowest BCUT2D eigenvalue weighted by atomic mass is 9.93. The molecule has 0 aromatic rings. The van der Waals surface area contributed by atoms with Crippen molar-refractivity contribution in [1.82, 2.24) is 10.2 Å². The van der Waals surface area contributed by atoms with Crippen LogP contribution in [-0.4, -0.2) is 37.5 Å². The van der Waals surface area contributed by atoms with E-state index in [1.807, 2.05) is 18.0 Å². The number of nitrogens with zero attached hydrogens (tertiary/aromatic N) is 1. The number of piperidine rings is 1. The average molecular weight is 266 g/mol. The van der Waals surface area contributed by atoms with Gasteiger partial charge in [-0.2, -0.15) is 0 Å². The summed E-state index contributed by atoms with van der Waals surface area (Å²) in [6.45, 7) is 6.87. The second kappa shape index (κ2) is 10.0. The second-order valence-corrected chi connectivity index (χ2v) is 5.69. The van der Waals surface area contributed by atoms with Crippen molar-refractivity contribution in [2.24, 2.45) is 5.92 Å². The Hall–Kier alpha value is -0.830. The maximum absolute atomic E-state index is 12.0. The summed E-state index contributed by atoms with van der Waals surface area (Å²) in [4.78, 5) is 13.9. The summed E-state index contributed by atoms with van der Waals surface area (Å²) in [5, 5.41) is 3.37. The van der Waals surface area contributed by atoms with Crippen molar-refractivity contribution in [3.05, 3.63) is 12.7 Å². The normalized spacial score (nSPS) is 16.3. The highest BCUT2D eigenvalue weighted by Crippen LogP contribution is 2.18. The summed E-state index contributed by atoms with van der Waals surface area (Å²) in [5.41, 5.74) is 0. The largest absolute Gasteiger partial charge is 0.346 e. The third-order valence-corrected chi connectivity index (χ3v) is 4.05. The van der Waals surface area contributed by atoms with Crippen molar-refractivity contribution in [2.45, 2.75) is 51.4 Å². The van der Waals surface area contributed by atoms with E-state index in [9.17, 15) is 4.79 Å². The molecular weight excluding hydrogens is 236 g/mol. The molecule has 0 bridgehead atoms. The molecule has 1 fully saturated rings. The van der Waals surface area contributed by atoms with Gasteiger partial charge in [-0.15, -0.1) is 6.58 Å². The van der Waals surface area contributed by atoms with Gasteiger partial charge in [0.15, 0.2) is 0 Å². The van der Waals surface area contributed by atoms with Crippen LogP contribution in [0, 0.1) is 5.92 Å². The van der Waals surface area contributed by atoms with E-state index in [4.69, 9.17) is 0 Å². The summed E-state index contributed by atoms with van der Waals surface area (Å²) < 4.78 is 0. The van der Waals surface area contributed by atoms with Crippen molar-refractivity contribution in [2.75, 3.05) is 26.7 Å². The Kier molecular flexibility index (Phi) is 8.55. The zero-order valence-electron chi connectivity index (χ0n) is 12.5. The van der Waals surface area contributed by atoms with E-state index < -0.39 is 0 Å². The Balaban J connectivity index is 2.05. The van der Waals surface area contributed by atoms with Crippen LogP contribution >= 0.6 is 0 Å². The predicted octanol–water partition coefficient (Wildman–Crippen LogP) is 2.97. The third-order valence-electron chi connectivity index (χ3n) is 4.05. The molecule has 1 N–H and O–H groups in total. The van der Waals surface area contributed by atoms with Crippen LogP contribution in [-0.2, 0) is 4.79 Å². The monoisotopic (exact) mass is 266 g/mol. The van der Waals surface area contributed by atoms with Crippen LogP contribution in [0.25, 0.3) is 0 Å². The van der Waals surface area contributed by atoms with Gasteiger partial charge in [-0.25, -0.2) is 0 Å². The van der Waals surface area contributed by atoms with E-state index in [-0.39, 0.29) is 0 Å². The summed E-state index contributed by atoms with van der Waals surface area (Å²) >= 11 is 0. The molecule has 1 heterocycles. The fourth-order valence-corrected chi connectivity index (χ4v) is 2.63. The van der Waals surface area contributed by atoms with Crippen LogP contribution in [0.4, 0.5) is 0 Å². The molecule has 0 saturated carbocycles. The predicted molar refractivity (Wildman–Crippen MR) is 81.1 cm³/mol.